The van der Waals surface area contributed by atoms with Crippen molar-refractivity contribution in [3.63, 3.8) is 0 Å². The van der Waals surface area contributed by atoms with Crippen LogP contribution >= 0.6 is 0 Å². The maximum absolute atomic E-state index is 12.8. The van der Waals surface area contributed by atoms with Crippen LogP contribution in [-0.2, 0) is 20.9 Å². The number of carbonyl (C=O) groups is 4. The van der Waals surface area contributed by atoms with Crippen molar-refractivity contribution >= 4 is 23.6 Å². The fourth-order valence-electron chi connectivity index (χ4n) is 4.85. The van der Waals surface area contributed by atoms with Gasteiger partial charge < -0.3 is 19.7 Å². The number of imide groups is 1. The Labute approximate surface area is 229 Å². The van der Waals surface area contributed by atoms with Gasteiger partial charge >= 0.3 is 0 Å². The molecule has 0 bridgehead atoms. The van der Waals surface area contributed by atoms with Crippen LogP contribution in [0.1, 0.15) is 73.9 Å². The van der Waals surface area contributed by atoms with Gasteiger partial charge in [0.2, 0.25) is 11.8 Å². The molecule has 4 amide bonds. The third kappa shape index (κ3) is 7.16. The SMILES string of the molecule is Cc1cccc(OC(C)(C)C(=O)NCCCCCCOc2ccc3c(c2)CN(C2CCC(=O)NC2=O)C3=O)c1. The molecule has 0 saturated carbocycles. The van der Waals surface area contributed by atoms with Crippen LogP contribution in [0.15, 0.2) is 42.5 Å². The van der Waals surface area contributed by atoms with Crippen molar-refractivity contribution in [2.45, 2.75) is 77.5 Å². The molecule has 2 aromatic rings. The Bertz CT molecular complexity index is 1240. The predicted molar refractivity (Wildman–Crippen MR) is 145 cm³/mol. The van der Waals surface area contributed by atoms with Gasteiger partial charge in [-0.05, 0) is 81.5 Å². The van der Waals surface area contributed by atoms with Crippen molar-refractivity contribution in [3.05, 3.63) is 59.2 Å². The highest BCUT2D eigenvalue weighted by Gasteiger charge is 2.39. The van der Waals surface area contributed by atoms with E-state index < -0.39 is 17.6 Å². The first-order chi connectivity index (χ1) is 18.6. The van der Waals surface area contributed by atoms with Crippen molar-refractivity contribution in [1.82, 2.24) is 15.5 Å². The zero-order valence-electron chi connectivity index (χ0n) is 22.9. The summed E-state index contributed by atoms with van der Waals surface area (Å²) in [7, 11) is 0. The quantitative estimate of drug-likeness (QED) is 0.317. The van der Waals surface area contributed by atoms with Gasteiger partial charge in [0.25, 0.3) is 11.8 Å². The predicted octanol–water partition coefficient (Wildman–Crippen LogP) is 3.67. The van der Waals surface area contributed by atoms with E-state index in [0.29, 0.717) is 43.2 Å². The van der Waals surface area contributed by atoms with Crippen molar-refractivity contribution in [1.29, 1.82) is 0 Å². The molecule has 2 heterocycles. The summed E-state index contributed by atoms with van der Waals surface area (Å²) in [6, 6.07) is 12.4. The molecule has 1 fully saturated rings. The number of nitrogens with one attached hydrogen (secondary N) is 2. The molecular weight excluding hydrogens is 498 g/mol. The standard InChI is InChI=1S/C30H37N3O6/c1-20-9-8-10-23(17-20)39-30(2,3)29(37)31-15-6-4-5-7-16-38-22-11-12-24-21(18-22)19-33(28(24)36)25-13-14-26(34)32-27(25)35/h8-12,17-18,25H,4-7,13-16,19H2,1-3H3,(H,31,37)(H,32,34,35). The first-order valence-electron chi connectivity index (χ1n) is 13.6. The van der Waals surface area contributed by atoms with E-state index in [0.717, 1.165) is 36.8 Å². The summed E-state index contributed by atoms with van der Waals surface area (Å²) in [5.74, 6) is 0.324. The highest BCUT2D eigenvalue weighted by atomic mass is 16.5. The maximum Gasteiger partial charge on any atom is 0.263 e. The number of amides is 4. The Balaban J connectivity index is 1.12. The number of hydrogen-bond donors (Lipinski definition) is 2. The minimum atomic E-state index is -0.957. The first kappa shape index (κ1) is 28.1. The van der Waals surface area contributed by atoms with Crippen LogP contribution in [0, 0.1) is 6.92 Å². The third-order valence-corrected chi connectivity index (χ3v) is 7.03. The molecule has 4 rings (SSSR count). The lowest BCUT2D eigenvalue weighted by atomic mass is 10.0. The topological polar surface area (TPSA) is 114 Å². The summed E-state index contributed by atoms with van der Waals surface area (Å²) in [6.45, 7) is 6.98. The smallest absolute Gasteiger partial charge is 0.263 e. The molecule has 0 aromatic heterocycles. The van der Waals surface area contributed by atoms with Crippen LogP contribution < -0.4 is 20.1 Å². The molecule has 2 aliphatic heterocycles. The highest BCUT2D eigenvalue weighted by Crippen LogP contribution is 2.30. The van der Waals surface area contributed by atoms with Crippen LogP contribution in [0.3, 0.4) is 0 Å². The summed E-state index contributed by atoms with van der Waals surface area (Å²) in [4.78, 5) is 50.5. The van der Waals surface area contributed by atoms with Gasteiger partial charge in [0.1, 0.15) is 17.5 Å². The van der Waals surface area contributed by atoms with Gasteiger partial charge in [-0.1, -0.05) is 25.0 Å². The zero-order chi connectivity index (χ0) is 28.0. The molecule has 39 heavy (non-hydrogen) atoms. The number of nitrogens with zero attached hydrogens (tertiary/aromatic N) is 1. The summed E-state index contributed by atoms with van der Waals surface area (Å²) in [5.41, 5.74) is 1.52. The van der Waals surface area contributed by atoms with Crippen LogP contribution in [0.2, 0.25) is 0 Å². The molecule has 1 saturated heterocycles. The van der Waals surface area contributed by atoms with E-state index in [1.807, 2.05) is 37.3 Å². The largest absolute Gasteiger partial charge is 0.494 e. The number of unbranched alkanes of at least 4 members (excludes halogenated alkanes) is 3. The summed E-state index contributed by atoms with van der Waals surface area (Å²) in [6.07, 6.45) is 4.24. The van der Waals surface area contributed by atoms with Gasteiger partial charge in [-0.15, -0.1) is 0 Å². The van der Waals surface area contributed by atoms with Crippen LogP contribution in [0.5, 0.6) is 11.5 Å². The molecule has 2 aromatic carbocycles. The molecule has 0 spiro atoms. The molecule has 0 radical (unpaired) electrons. The Morgan fingerprint density at radius 3 is 2.62 bits per heavy atom. The summed E-state index contributed by atoms with van der Waals surface area (Å²) < 4.78 is 11.8. The number of hydrogen-bond acceptors (Lipinski definition) is 6. The van der Waals surface area contributed by atoms with E-state index >= 15 is 0 Å². The fraction of sp³-hybridized carbons (Fsp3) is 0.467. The van der Waals surface area contributed by atoms with E-state index in [1.165, 1.54) is 4.90 Å². The average molecular weight is 536 g/mol. The maximum atomic E-state index is 12.8. The normalized spacial score (nSPS) is 17.1. The lowest BCUT2D eigenvalue weighted by Gasteiger charge is -2.29. The van der Waals surface area contributed by atoms with Crippen molar-refractivity contribution in [3.8, 4) is 11.5 Å². The van der Waals surface area contributed by atoms with E-state index in [4.69, 9.17) is 9.47 Å². The lowest BCUT2D eigenvalue weighted by Crippen LogP contribution is -2.52. The van der Waals surface area contributed by atoms with E-state index in [9.17, 15) is 19.2 Å². The molecule has 9 heteroatoms. The summed E-state index contributed by atoms with van der Waals surface area (Å²) in [5, 5.41) is 5.28. The van der Waals surface area contributed by atoms with Gasteiger partial charge in [-0.25, -0.2) is 0 Å². The molecule has 2 N–H and O–H groups in total. The van der Waals surface area contributed by atoms with Crippen LogP contribution in [0.4, 0.5) is 0 Å². The van der Waals surface area contributed by atoms with E-state index in [2.05, 4.69) is 10.6 Å². The van der Waals surface area contributed by atoms with Gasteiger partial charge in [0, 0.05) is 25.1 Å². The number of aryl methyl sites for hydroxylation is 1. The van der Waals surface area contributed by atoms with Crippen LogP contribution in [-0.4, -0.2) is 53.3 Å². The summed E-state index contributed by atoms with van der Waals surface area (Å²) >= 11 is 0. The van der Waals surface area contributed by atoms with E-state index in [1.54, 1.807) is 26.0 Å². The second kappa shape index (κ2) is 12.3. The van der Waals surface area contributed by atoms with Crippen LogP contribution in [0.25, 0.3) is 0 Å². The second-order valence-electron chi connectivity index (χ2n) is 10.7. The highest BCUT2D eigenvalue weighted by molar-refractivity contribution is 6.05. The Kier molecular flexibility index (Phi) is 8.89. The first-order valence-corrected chi connectivity index (χ1v) is 13.6. The van der Waals surface area contributed by atoms with Gasteiger partial charge in [0.15, 0.2) is 5.60 Å². The van der Waals surface area contributed by atoms with Gasteiger partial charge in [-0.3, -0.25) is 24.5 Å². The molecule has 208 valence electrons. The van der Waals surface area contributed by atoms with Gasteiger partial charge in [0.05, 0.1) is 6.61 Å². The number of fused-ring (bicyclic) bond motifs is 1. The van der Waals surface area contributed by atoms with Gasteiger partial charge in [-0.2, -0.15) is 0 Å². The minimum Gasteiger partial charge on any atom is -0.494 e. The van der Waals surface area contributed by atoms with Crippen molar-refractivity contribution in [2.75, 3.05) is 13.2 Å². The molecular formula is C30H37N3O6. The average Bonchev–Trinajstić information content (AvgIpc) is 3.20. The van der Waals surface area contributed by atoms with E-state index in [-0.39, 0.29) is 24.1 Å². The Morgan fingerprint density at radius 2 is 1.85 bits per heavy atom. The number of rotatable bonds is 12. The molecule has 9 nitrogen and oxygen atoms in total. The number of benzene rings is 2. The Hall–Kier alpha value is -3.88. The molecule has 1 atom stereocenters. The zero-order valence-corrected chi connectivity index (χ0v) is 22.9. The monoisotopic (exact) mass is 535 g/mol. The second-order valence-corrected chi connectivity index (χ2v) is 10.7. The number of piperidine rings is 1. The van der Waals surface area contributed by atoms with Crippen molar-refractivity contribution < 1.29 is 28.7 Å². The lowest BCUT2D eigenvalue weighted by molar-refractivity contribution is -0.137. The minimum absolute atomic E-state index is 0.140. The molecule has 2 aliphatic rings. The third-order valence-electron chi connectivity index (χ3n) is 7.03. The molecule has 0 aliphatic carbocycles. The molecule has 1 unspecified atom stereocenters. The number of ether oxygens (including phenoxy) is 2. The Morgan fingerprint density at radius 1 is 1.05 bits per heavy atom. The fourth-order valence-corrected chi connectivity index (χ4v) is 4.85. The van der Waals surface area contributed by atoms with Crippen molar-refractivity contribution in [2.24, 2.45) is 0 Å². The number of carbonyl (C=O) groups excluding carboxylic acids is 4.